The summed E-state index contributed by atoms with van der Waals surface area (Å²) in [6.45, 7) is 0. The first-order chi connectivity index (χ1) is 10.5. The van der Waals surface area contributed by atoms with Gasteiger partial charge in [-0.25, -0.2) is 4.39 Å². The van der Waals surface area contributed by atoms with Crippen LogP contribution >= 0.6 is 22.6 Å². The van der Waals surface area contributed by atoms with Gasteiger partial charge < -0.3 is 0 Å². The quantitative estimate of drug-likeness (QED) is 0.597. The van der Waals surface area contributed by atoms with Crippen molar-refractivity contribution in [1.82, 2.24) is 5.32 Å². The molecule has 1 aliphatic heterocycles. The van der Waals surface area contributed by atoms with Crippen molar-refractivity contribution in [3.05, 3.63) is 32.6 Å². The molecular formula is C16H15FINO3. The average molecular weight is 415 g/mol. The largest absolute Gasteiger partial charge is 0.296 e. The molecule has 0 aromatic heterocycles. The average Bonchev–Trinajstić information content (AvgIpc) is 2.47. The van der Waals surface area contributed by atoms with E-state index in [9.17, 15) is 18.8 Å². The maximum atomic E-state index is 13.6. The van der Waals surface area contributed by atoms with Crippen molar-refractivity contribution in [3.8, 4) is 0 Å². The molecule has 1 aliphatic carbocycles. The molecule has 0 saturated carbocycles. The number of hydrogen-bond donors (Lipinski definition) is 1. The van der Waals surface area contributed by atoms with Crippen molar-refractivity contribution in [2.24, 2.45) is 11.8 Å². The summed E-state index contributed by atoms with van der Waals surface area (Å²) in [4.78, 5) is 35.6. The van der Waals surface area contributed by atoms with E-state index < -0.39 is 0 Å². The second-order valence-electron chi connectivity index (χ2n) is 5.91. The smallest absolute Gasteiger partial charge is 0.229 e. The van der Waals surface area contributed by atoms with Crippen LogP contribution in [0, 0.1) is 21.2 Å². The van der Waals surface area contributed by atoms with E-state index in [0.29, 0.717) is 41.2 Å². The standard InChI is InChI=1S/C16H15FINO3/c17-12-6-8-1-2-9(15(21)11(8)7-13(12)18)5-10-3-4-14(20)19-16(10)22/h6-7,9-10H,1-5H2,(H,19,20,22). The van der Waals surface area contributed by atoms with Gasteiger partial charge in [-0.3, -0.25) is 19.7 Å². The van der Waals surface area contributed by atoms with Gasteiger partial charge in [-0.15, -0.1) is 0 Å². The third-order valence-corrected chi connectivity index (χ3v) is 5.29. The second-order valence-corrected chi connectivity index (χ2v) is 7.07. The zero-order valence-electron chi connectivity index (χ0n) is 11.8. The number of nitrogens with one attached hydrogen (secondary N) is 1. The number of imide groups is 1. The Morgan fingerprint density at radius 1 is 1.14 bits per heavy atom. The van der Waals surface area contributed by atoms with Crippen LogP contribution in [0.5, 0.6) is 0 Å². The third-order valence-electron chi connectivity index (χ3n) is 4.47. The Morgan fingerprint density at radius 3 is 2.59 bits per heavy atom. The minimum Gasteiger partial charge on any atom is -0.296 e. The molecule has 2 unspecified atom stereocenters. The van der Waals surface area contributed by atoms with E-state index >= 15 is 0 Å². The SMILES string of the molecule is O=C1CCC(CC2CCc3cc(F)c(I)cc3C2=O)C(=O)N1. The molecule has 6 heteroatoms. The zero-order chi connectivity index (χ0) is 15.9. The summed E-state index contributed by atoms with van der Waals surface area (Å²) in [6, 6.07) is 3.04. The van der Waals surface area contributed by atoms with Crippen molar-refractivity contribution >= 4 is 40.2 Å². The molecule has 1 aromatic carbocycles. The van der Waals surface area contributed by atoms with Gasteiger partial charge in [0.15, 0.2) is 5.78 Å². The van der Waals surface area contributed by atoms with Crippen LogP contribution in [0.25, 0.3) is 0 Å². The van der Waals surface area contributed by atoms with Crippen LogP contribution in [0.1, 0.15) is 41.6 Å². The molecule has 1 N–H and O–H groups in total. The van der Waals surface area contributed by atoms with Gasteiger partial charge in [0.1, 0.15) is 5.82 Å². The number of amides is 2. The Bertz CT molecular complexity index is 674. The van der Waals surface area contributed by atoms with E-state index in [1.807, 2.05) is 22.6 Å². The van der Waals surface area contributed by atoms with E-state index in [1.165, 1.54) is 6.07 Å². The van der Waals surface area contributed by atoms with Crippen LogP contribution in [-0.2, 0) is 16.0 Å². The summed E-state index contributed by atoms with van der Waals surface area (Å²) < 4.78 is 14.0. The second kappa shape index (κ2) is 6.06. The van der Waals surface area contributed by atoms with Crippen LogP contribution in [0.2, 0.25) is 0 Å². The normalized spacial score (nSPS) is 24.9. The minimum atomic E-state index is -0.296. The number of carbonyl (C=O) groups excluding carboxylic acids is 3. The summed E-state index contributed by atoms with van der Waals surface area (Å²) in [5, 5.41) is 2.33. The van der Waals surface area contributed by atoms with Gasteiger partial charge in [0.2, 0.25) is 11.8 Å². The number of rotatable bonds is 2. The van der Waals surface area contributed by atoms with Gasteiger partial charge in [0.05, 0.1) is 0 Å². The summed E-state index contributed by atoms with van der Waals surface area (Å²) in [6.07, 6.45) is 2.57. The van der Waals surface area contributed by atoms with Gasteiger partial charge in [-0.2, -0.15) is 0 Å². The number of fused-ring (bicyclic) bond motifs is 1. The van der Waals surface area contributed by atoms with Gasteiger partial charge in [-0.05, 0) is 66.0 Å². The van der Waals surface area contributed by atoms with Crippen LogP contribution in [-0.4, -0.2) is 17.6 Å². The highest BCUT2D eigenvalue weighted by Crippen LogP contribution is 2.33. The molecule has 0 bridgehead atoms. The van der Waals surface area contributed by atoms with Crippen molar-refractivity contribution in [2.75, 3.05) is 0 Å². The fourth-order valence-electron chi connectivity index (χ4n) is 3.24. The summed E-state index contributed by atoms with van der Waals surface area (Å²) in [7, 11) is 0. The molecule has 3 rings (SSSR count). The van der Waals surface area contributed by atoms with Crippen molar-refractivity contribution in [1.29, 1.82) is 0 Å². The van der Waals surface area contributed by atoms with E-state index in [0.717, 1.165) is 5.56 Å². The van der Waals surface area contributed by atoms with E-state index in [4.69, 9.17) is 0 Å². The van der Waals surface area contributed by atoms with Crippen molar-refractivity contribution in [3.63, 3.8) is 0 Å². The van der Waals surface area contributed by atoms with Crippen LogP contribution in [0.15, 0.2) is 12.1 Å². The Morgan fingerprint density at radius 2 is 1.86 bits per heavy atom. The van der Waals surface area contributed by atoms with Crippen LogP contribution < -0.4 is 5.32 Å². The maximum Gasteiger partial charge on any atom is 0.229 e. The van der Waals surface area contributed by atoms with Crippen LogP contribution in [0.4, 0.5) is 4.39 Å². The van der Waals surface area contributed by atoms with Gasteiger partial charge in [0.25, 0.3) is 0 Å². The number of Topliss-reactive ketones (excluding diaryl/α,β-unsaturated/α-hetero) is 1. The molecule has 1 fully saturated rings. The first-order valence-electron chi connectivity index (χ1n) is 7.31. The molecule has 2 amide bonds. The van der Waals surface area contributed by atoms with E-state index in [1.54, 1.807) is 6.07 Å². The predicted octanol–water partition coefficient (Wildman–Crippen LogP) is 2.62. The van der Waals surface area contributed by atoms with Crippen LogP contribution in [0.3, 0.4) is 0 Å². The Labute approximate surface area is 141 Å². The highest BCUT2D eigenvalue weighted by atomic mass is 127. The highest BCUT2D eigenvalue weighted by Gasteiger charge is 2.34. The van der Waals surface area contributed by atoms with Crippen molar-refractivity contribution in [2.45, 2.75) is 32.1 Å². The number of ketones is 1. The highest BCUT2D eigenvalue weighted by molar-refractivity contribution is 14.1. The molecule has 0 spiro atoms. The number of benzene rings is 1. The fourth-order valence-corrected chi connectivity index (χ4v) is 3.70. The number of carbonyl (C=O) groups is 3. The molecule has 116 valence electrons. The molecule has 2 aliphatic rings. The number of halogens is 2. The van der Waals surface area contributed by atoms with E-state index in [2.05, 4.69) is 5.32 Å². The molecule has 1 saturated heterocycles. The lowest BCUT2D eigenvalue weighted by molar-refractivity contribution is -0.136. The minimum absolute atomic E-state index is 0.0103. The molecule has 1 aromatic rings. The van der Waals surface area contributed by atoms with Gasteiger partial charge >= 0.3 is 0 Å². The number of piperidine rings is 1. The molecule has 1 heterocycles. The summed E-state index contributed by atoms with van der Waals surface area (Å²) in [5.41, 5.74) is 1.33. The number of aryl methyl sites for hydroxylation is 1. The number of hydrogen-bond acceptors (Lipinski definition) is 3. The Hall–Kier alpha value is -1.31. The first kappa shape index (κ1) is 15.6. The monoisotopic (exact) mass is 415 g/mol. The summed E-state index contributed by atoms with van der Waals surface area (Å²) in [5.74, 6) is -1.33. The van der Waals surface area contributed by atoms with Crippen molar-refractivity contribution < 1.29 is 18.8 Å². The lowest BCUT2D eigenvalue weighted by Gasteiger charge is -2.28. The molecule has 2 atom stereocenters. The topological polar surface area (TPSA) is 63.2 Å². The lowest BCUT2D eigenvalue weighted by Crippen LogP contribution is -2.42. The predicted molar refractivity (Wildman–Crippen MR) is 85.7 cm³/mol. The zero-order valence-corrected chi connectivity index (χ0v) is 14.0. The molecule has 22 heavy (non-hydrogen) atoms. The maximum absolute atomic E-state index is 13.6. The molecular weight excluding hydrogens is 400 g/mol. The van der Waals surface area contributed by atoms with Gasteiger partial charge in [0, 0.05) is 27.4 Å². The Kier molecular flexibility index (Phi) is 4.29. The molecule has 4 nitrogen and oxygen atoms in total. The fraction of sp³-hybridized carbons (Fsp3) is 0.438. The first-order valence-corrected chi connectivity index (χ1v) is 8.39. The summed E-state index contributed by atoms with van der Waals surface area (Å²) >= 11 is 1.88. The molecule has 0 radical (unpaired) electrons. The van der Waals surface area contributed by atoms with E-state index in [-0.39, 0.29) is 35.3 Å². The Balaban J connectivity index is 1.77. The van der Waals surface area contributed by atoms with Gasteiger partial charge in [-0.1, -0.05) is 0 Å². The lowest BCUT2D eigenvalue weighted by atomic mass is 9.77. The third kappa shape index (κ3) is 2.93.